The van der Waals surface area contributed by atoms with E-state index in [1.165, 1.54) is 0 Å². The maximum atomic E-state index is 12.7. The number of thiophene rings is 1. The molecule has 1 aliphatic heterocycles. The number of benzene rings is 1. The fourth-order valence-corrected chi connectivity index (χ4v) is 3.71. The molecule has 1 atom stereocenters. The Kier molecular flexibility index (Phi) is 4.28. The lowest BCUT2D eigenvalue weighted by Crippen LogP contribution is -2.31. The van der Waals surface area contributed by atoms with Gasteiger partial charge in [0.1, 0.15) is 0 Å². The van der Waals surface area contributed by atoms with E-state index in [1.54, 1.807) is 11.3 Å². The second-order valence-electron chi connectivity index (χ2n) is 5.89. The standard InChI is InChI=1S/C19H18N2O2S/c22-19(20-12-13-5-3-9-23-13)15-11-17(18-8-4-10-24-18)21-16-7-2-1-6-14(15)16/h1-2,4,6-8,10-11,13H,3,5,9,12H2,(H,20,22)/t13-/m1/s1. The molecule has 122 valence electrons. The molecule has 1 aromatic carbocycles. The maximum Gasteiger partial charge on any atom is 0.252 e. The predicted octanol–water partition coefficient (Wildman–Crippen LogP) is 3.87. The smallest absolute Gasteiger partial charge is 0.252 e. The van der Waals surface area contributed by atoms with Gasteiger partial charge in [0.05, 0.1) is 27.8 Å². The van der Waals surface area contributed by atoms with Crippen LogP contribution in [0.5, 0.6) is 0 Å². The van der Waals surface area contributed by atoms with Crippen LogP contribution in [0, 0.1) is 0 Å². The Morgan fingerprint density at radius 3 is 3.00 bits per heavy atom. The number of carbonyl (C=O) groups is 1. The van der Waals surface area contributed by atoms with Gasteiger partial charge in [0.15, 0.2) is 0 Å². The van der Waals surface area contributed by atoms with E-state index >= 15 is 0 Å². The highest BCUT2D eigenvalue weighted by Gasteiger charge is 2.18. The third kappa shape index (κ3) is 3.05. The summed E-state index contributed by atoms with van der Waals surface area (Å²) in [6, 6.07) is 13.7. The number of ether oxygens (including phenoxy) is 1. The van der Waals surface area contributed by atoms with E-state index in [4.69, 9.17) is 9.72 Å². The van der Waals surface area contributed by atoms with Crippen LogP contribution >= 0.6 is 11.3 Å². The first-order valence-electron chi connectivity index (χ1n) is 8.15. The summed E-state index contributed by atoms with van der Waals surface area (Å²) in [5.41, 5.74) is 2.35. The van der Waals surface area contributed by atoms with Crippen LogP contribution in [0.1, 0.15) is 23.2 Å². The van der Waals surface area contributed by atoms with Crippen LogP contribution in [-0.2, 0) is 4.74 Å². The number of para-hydroxylation sites is 1. The van der Waals surface area contributed by atoms with Crippen LogP contribution < -0.4 is 5.32 Å². The number of hydrogen-bond acceptors (Lipinski definition) is 4. The van der Waals surface area contributed by atoms with Crippen molar-refractivity contribution in [2.75, 3.05) is 13.2 Å². The lowest BCUT2D eigenvalue weighted by Gasteiger charge is -2.13. The van der Waals surface area contributed by atoms with E-state index in [0.717, 1.165) is 40.9 Å². The average molecular weight is 338 g/mol. The molecule has 0 unspecified atom stereocenters. The number of rotatable bonds is 4. The van der Waals surface area contributed by atoms with E-state index in [1.807, 2.05) is 47.8 Å². The van der Waals surface area contributed by atoms with Crippen LogP contribution in [0.15, 0.2) is 47.8 Å². The van der Waals surface area contributed by atoms with E-state index in [2.05, 4.69) is 5.32 Å². The molecule has 3 heterocycles. The summed E-state index contributed by atoms with van der Waals surface area (Å²) in [6.07, 6.45) is 2.22. The van der Waals surface area contributed by atoms with Crippen molar-refractivity contribution < 1.29 is 9.53 Å². The van der Waals surface area contributed by atoms with E-state index < -0.39 is 0 Å². The second-order valence-corrected chi connectivity index (χ2v) is 6.84. The van der Waals surface area contributed by atoms with E-state index in [-0.39, 0.29) is 12.0 Å². The van der Waals surface area contributed by atoms with Gasteiger partial charge in [0, 0.05) is 18.5 Å². The number of aromatic nitrogens is 1. The van der Waals surface area contributed by atoms with Crippen LogP contribution in [0.2, 0.25) is 0 Å². The molecule has 5 heteroatoms. The van der Waals surface area contributed by atoms with E-state index in [0.29, 0.717) is 12.1 Å². The minimum atomic E-state index is -0.0677. The van der Waals surface area contributed by atoms with Crippen molar-refractivity contribution in [2.24, 2.45) is 0 Å². The predicted molar refractivity (Wildman–Crippen MR) is 96.4 cm³/mol. The van der Waals surface area contributed by atoms with Crippen molar-refractivity contribution in [3.63, 3.8) is 0 Å². The molecular weight excluding hydrogens is 320 g/mol. The summed E-state index contributed by atoms with van der Waals surface area (Å²) in [6.45, 7) is 1.35. The molecule has 0 bridgehead atoms. The third-order valence-corrected chi connectivity index (χ3v) is 5.14. The van der Waals surface area contributed by atoms with Gasteiger partial charge in [0.2, 0.25) is 0 Å². The average Bonchev–Trinajstić information content (AvgIpc) is 3.32. The first kappa shape index (κ1) is 15.3. The molecule has 2 aromatic heterocycles. The molecule has 4 nitrogen and oxygen atoms in total. The molecule has 0 aliphatic carbocycles. The van der Waals surface area contributed by atoms with Gasteiger partial charge in [-0.1, -0.05) is 24.3 Å². The fourth-order valence-electron chi connectivity index (χ4n) is 3.02. The number of nitrogens with one attached hydrogen (secondary N) is 1. The molecule has 1 aliphatic rings. The van der Waals surface area contributed by atoms with Crippen LogP contribution in [0.4, 0.5) is 0 Å². The molecule has 0 radical (unpaired) electrons. The van der Waals surface area contributed by atoms with Gasteiger partial charge in [-0.3, -0.25) is 4.79 Å². The van der Waals surface area contributed by atoms with Gasteiger partial charge < -0.3 is 10.1 Å². The summed E-state index contributed by atoms with van der Waals surface area (Å²) < 4.78 is 5.58. The zero-order chi connectivity index (χ0) is 16.4. The Morgan fingerprint density at radius 2 is 2.21 bits per heavy atom. The minimum Gasteiger partial charge on any atom is -0.376 e. The van der Waals surface area contributed by atoms with Gasteiger partial charge in [-0.25, -0.2) is 4.98 Å². The first-order valence-corrected chi connectivity index (χ1v) is 9.03. The first-order chi connectivity index (χ1) is 11.8. The van der Waals surface area contributed by atoms with Crippen molar-refractivity contribution in [3.8, 4) is 10.6 Å². The van der Waals surface area contributed by atoms with Crippen molar-refractivity contribution in [2.45, 2.75) is 18.9 Å². The molecule has 1 saturated heterocycles. The molecule has 0 saturated carbocycles. The van der Waals surface area contributed by atoms with Gasteiger partial charge >= 0.3 is 0 Å². The van der Waals surface area contributed by atoms with Crippen molar-refractivity contribution >= 4 is 28.1 Å². The van der Waals surface area contributed by atoms with Crippen molar-refractivity contribution in [3.05, 3.63) is 53.4 Å². The van der Waals surface area contributed by atoms with Crippen LogP contribution in [0.3, 0.4) is 0 Å². The second kappa shape index (κ2) is 6.71. The largest absolute Gasteiger partial charge is 0.376 e. The number of amides is 1. The topological polar surface area (TPSA) is 51.2 Å². The lowest BCUT2D eigenvalue weighted by molar-refractivity contribution is 0.0859. The van der Waals surface area contributed by atoms with Gasteiger partial charge in [0.25, 0.3) is 5.91 Å². The van der Waals surface area contributed by atoms with Crippen LogP contribution in [-0.4, -0.2) is 30.1 Å². The summed E-state index contributed by atoms with van der Waals surface area (Å²) in [5, 5.41) is 5.91. The third-order valence-electron chi connectivity index (χ3n) is 4.25. The number of pyridine rings is 1. The Hall–Kier alpha value is -2.24. The van der Waals surface area contributed by atoms with Crippen LogP contribution in [0.25, 0.3) is 21.5 Å². The molecule has 1 fully saturated rings. The van der Waals surface area contributed by atoms with E-state index in [9.17, 15) is 4.79 Å². The monoisotopic (exact) mass is 338 g/mol. The molecule has 3 aromatic rings. The van der Waals surface area contributed by atoms with Gasteiger partial charge in [-0.2, -0.15) is 0 Å². The Balaban J connectivity index is 1.68. The normalized spacial score (nSPS) is 17.2. The summed E-state index contributed by atoms with van der Waals surface area (Å²) in [4.78, 5) is 18.5. The zero-order valence-electron chi connectivity index (χ0n) is 13.2. The van der Waals surface area contributed by atoms with Gasteiger partial charge in [-0.05, 0) is 36.4 Å². The quantitative estimate of drug-likeness (QED) is 0.785. The number of nitrogens with zero attached hydrogens (tertiary/aromatic N) is 1. The Morgan fingerprint density at radius 1 is 1.29 bits per heavy atom. The summed E-state index contributed by atoms with van der Waals surface area (Å²) in [7, 11) is 0. The maximum absolute atomic E-state index is 12.7. The number of carbonyl (C=O) groups excluding carboxylic acids is 1. The number of hydrogen-bond donors (Lipinski definition) is 1. The zero-order valence-corrected chi connectivity index (χ0v) is 14.0. The summed E-state index contributed by atoms with van der Waals surface area (Å²) in [5.74, 6) is -0.0677. The minimum absolute atomic E-state index is 0.0677. The number of fused-ring (bicyclic) bond motifs is 1. The molecule has 1 amide bonds. The fraction of sp³-hybridized carbons (Fsp3) is 0.263. The lowest BCUT2D eigenvalue weighted by atomic mass is 10.1. The van der Waals surface area contributed by atoms with Gasteiger partial charge in [-0.15, -0.1) is 11.3 Å². The molecule has 24 heavy (non-hydrogen) atoms. The van der Waals surface area contributed by atoms with Crippen molar-refractivity contribution in [1.82, 2.24) is 10.3 Å². The Labute approximate surface area is 144 Å². The molecule has 0 spiro atoms. The summed E-state index contributed by atoms with van der Waals surface area (Å²) >= 11 is 1.62. The highest BCUT2D eigenvalue weighted by Crippen LogP contribution is 2.27. The SMILES string of the molecule is O=C(NC[C@H]1CCCO1)c1cc(-c2cccs2)nc2ccccc12. The molecule has 4 rings (SSSR count). The highest BCUT2D eigenvalue weighted by molar-refractivity contribution is 7.13. The Bertz CT molecular complexity index is 855. The highest BCUT2D eigenvalue weighted by atomic mass is 32.1. The molecule has 1 N–H and O–H groups in total. The van der Waals surface area contributed by atoms with Crippen molar-refractivity contribution in [1.29, 1.82) is 0 Å². The molecular formula is C19H18N2O2S.